The van der Waals surface area contributed by atoms with Crippen molar-refractivity contribution in [3.63, 3.8) is 0 Å². The van der Waals surface area contributed by atoms with Gasteiger partial charge in [-0.1, -0.05) is 36.4 Å². The Bertz CT molecular complexity index is 1110. The smallest absolute Gasteiger partial charge is 0.229 e. The fourth-order valence-corrected chi connectivity index (χ4v) is 4.52. The lowest BCUT2D eigenvalue weighted by atomic mass is 10.0. The molecule has 0 aromatic heterocycles. The third-order valence-corrected chi connectivity index (χ3v) is 5.94. The van der Waals surface area contributed by atoms with E-state index in [2.05, 4.69) is 29.6 Å². The summed E-state index contributed by atoms with van der Waals surface area (Å²) in [5, 5.41) is 5.47. The van der Waals surface area contributed by atoms with Crippen LogP contribution in [0.3, 0.4) is 0 Å². The van der Waals surface area contributed by atoms with Crippen LogP contribution in [0.15, 0.2) is 54.6 Å². The van der Waals surface area contributed by atoms with Gasteiger partial charge >= 0.3 is 0 Å². The Balaban J connectivity index is 1.39. The molecule has 0 saturated carbocycles. The van der Waals surface area contributed by atoms with Crippen LogP contribution in [0.5, 0.6) is 0 Å². The Morgan fingerprint density at radius 3 is 2.64 bits per heavy atom. The van der Waals surface area contributed by atoms with Crippen LogP contribution < -0.4 is 10.2 Å². The minimum atomic E-state index is -0.337. The van der Waals surface area contributed by atoms with Crippen molar-refractivity contribution in [1.82, 2.24) is 0 Å². The third-order valence-electron chi connectivity index (χ3n) is 5.94. The molecule has 1 aliphatic carbocycles. The van der Waals surface area contributed by atoms with Crippen molar-refractivity contribution in [2.45, 2.75) is 26.2 Å². The molecule has 3 aromatic rings. The Kier molecular flexibility index (Phi) is 3.93. The fraction of sp³-hybridized carbons (Fsp3) is 0.250. The van der Waals surface area contributed by atoms with E-state index in [4.69, 9.17) is 0 Å². The van der Waals surface area contributed by atoms with Crippen LogP contribution in [0.1, 0.15) is 23.1 Å². The number of nitrogens with one attached hydrogen (secondary N) is 1. The number of aryl methyl sites for hydroxylation is 3. The Morgan fingerprint density at radius 2 is 1.82 bits per heavy atom. The van der Waals surface area contributed by atoms with Crippen LogP contribution in [-0.4, -0.2) is 18.4 Å². The number of carbonyl (C=O) groups excluding carboxylic acids is 2. The normalized spacial score (nSPS) is 18.1. The lowest BCUT2D eigenvalue weighted by Gasteiger charge is -2.17. The summed E-state index contributed by atoms with van der Waals surface area (Å²) in [6, 6.07) is 18.3. The summed E-state index contributed by atoms with van der Waals surface area (Å²) in [5.41, 5.74) is 5.52. The molecule has 5 rings (SSSR count). The van der Waals surface area contributed by atoms with Crippen LogP contribution in [0.4, 0.5) is 11.4 Å². The van der Waals surface area contributed by atoms with E-state index >= 15 is 0 Å². The highest BCUT2D eigenvalue weighted by molar-refractivity contribution is 6.08. The Hall–Kier alpha value is -3.14. The number of amides is 2. The maximum atomic E-state index is 12.9. The summed E-state index contributed by atoms with van der Waals surface area (Å²) < 4.78 is 0. The molecule has 28 heavy (non-hydrogen) atoms. The minimum Gasteiger partial charge on any atom is -0.325 e. The first-order valence-corrected chi connectivity index (χ1v) is 9.81. The maximum Gasteiger partial charge on any atom is 0.229 e. The van der Waals surface area contributed by atoms with Gasteiger partial charge in [0.1, 0.15) is 0 Å². The van der Waals surface area contributed by atoms with Crippen molar-refractivity contribution in [1.29, 1.82) is 0 Å². The Labute approximate surface area is 164 Å². The van der Waals surface area contributed by atoms with Crippen molar-refractivity contribution < 1.29 is 9.59 Å². The molecule has 0 radical (unpaired) electrons. The Morgan fingerprint density at radius 1 is 1.04 bits per heavy atom. The number of nitrogens with zero attached hydrogens (tertiary/aromatic N) is 1. The average molecular weight is 370 g/mol. The molecule has 1 N–H and O–H groups in total. The topological polar surface area (TPSA) is 49.4 Å². The second-order valence-electron chi connectivity index (χ2n) is 7.85. The van der Waals surface area contributed by atoms with Gasteiger partial charge in [-0.3, -0.25) is 9.59 Å². The van der Waals surface area contributed by atoms with Crippen LogP contribution in [0, 0.1) is 12.8 Å². The van der Waals surface area contributed by atoms with Crippen molar-refractivity contribution in [2.75, 3.05) is 16.8 Å². The molecule has 1 saturated heterocycles. The van der Waals surface area contributed by atoms with Crippen molar-refractivity contribution in [2.24, 2.45) is 5.92 Å². The predicted octanol–water partition coefficient (Wildman–Crippen LogP) is 4.24. The molecular weight excluding hydrogens is 348 g/mol. The zero-order valence-electron chi connectivity index (χ0n) is 15.9. The van der Waals surface area contributed by atoms with E-state index in [-0.39, 0.29) is 24.2 Å². The van der Waals surface area contributed by atoms with Crippen LogP contribution in [0.2, 0.25) is 0 Å². The predicted molar refractivity (Wildman–Crippen MR) is 112 cm³/mol. The van der Waals surface area contributed by atoms with Crippen LogP contribution in [0.25, 0.3) is 10.8 Å². The van der Waals surface area contributed by atoms with Gasteiger partial charge in [0.25, 0.3) is 0 Å². The van der Waals surface area contributed by atoms with E-state index in [9.17, 15) is 9.59 Å². The van der Waals surface area contributed by atoms with Gasteiger partial charge in [-0.05, 0) is 60.0 Å². The van der Waals surface area contributed by atoms with Gasteiger partial charge in [0.2, 0.25) is 11.8 Å². The molecule has 1 aliphatic heterocycles. The van der Waals surface area contributed by atoms with Gasteiger partial charge in [0.15, 0.2) is 0 Å². The maximum absolute atomic E-state index is 12.9. The summed E-state index contributed by atoms with van der Waals surface area (Å²) in [7, 11) is 0. The average Bonchev–Trinajstić information content (AvgIpc) is 3.29. The van der Waals surface area contributed by atoms with E-state index in [1.54, 1.807) is 4.90 Å². The lowest BCUT2D eigenvalue weighted by Crippen LogP contribution is -2.28. The first-order valence-electron chi connectivity index (χ1n) is 9.81. The third kappa shape index (κ3) is 2.76. The minimum absolute atomic E-state index is 0.00570. The van der Waals surface area contributed by atoms with Crippen LogP contribution in [-0.2, 0) is 22.4 Å². The number of carbonyl (C=O) groups is 2. The number of rotatable bonds is 3. The standard InChI is InChI=1S/C24H22N2O2/c1-15-4-2-6-19(12-15)26-14-18(13-22(26)27)24(28)25-21-11-10-17-9-8-16-5-3-7-20(21)23(16)17/h2-7,10-12,18H,8-9,13-14H2,1H3,(H,25,28)/t18-/m0/s1. The molecule has 4 heteroatoms. The highest BCUT2D eigenvalue weighted by Gasteiger charge is 2.35. The molecule has 4 nitrogen and oxygen atoms in total. The first-order chi connectivity index (χ1) is 13.6. The van der Waals surface area contributed by atoms with Gasteiger partial charge in [-0.25, -0.2) is 0 Å². The molecule has 0 bridgehead atoms. The lowest BCUT2D eigenvalue weighted by molar-refractivity contribution is -0.122. The fourth-order valence-electron chi connectivity index (χ4n) is 4.52. The summed E-state index contributed by atoms with van der Waals surface area (Å²) in [6.45, 7) is 2.43. The van der Waals surface area contributed by atoms with Gasteiger partial charge in [0.05, 0.1) is 5.92 Å². The highest BCUT2D eigenvalue weighted by atomic mass is 16.2. The van der Waals surface area contributed by atoms with E-state index in [0.29, 0.717) is 6.54 Å². The van der Waals surface area contributed by atoms with Gasteiger partial charge in [-0.2, -0.15) is 0 Å². The van der Waals surface area contributed by atoms with Crippen molar-refractivity contribution in [3.8, 4) is 0 Å². The molecule has 1 atom stereocenters. The summed E-state index contributed by atoms with van der Waals surface area (Å²) >= 11 is 0. The first kappa shape index (κ1) is 17.0. The molecule has 0 spiro atoms. The summed E-state index contributed by atoms with van der Waals surface area (Å²) in [5.74, 6) is -0.413. The zero-order valence-corrected chi connectivity index (χ0v) is 15.9. The highest BCUT2D eigenvalue weighted by Crippen LogP contribution is 2.35. The summed E-state index contributed by atoms with van der Waals surface area (Å²) in [4.78, 5) is 27.2. The number of hydrogen-bond donors (Lipinski definition) is 1. The summed E-state index contributed by atoms with van der Waals surface area (Å²) in [6.07, 6.45) is 2.38. The largest absolute Gasteiger partial charge is 0.325 e. The van der Waals surface area contributed by atoms with Gasteiger partial charge < -0.3 is 10.2 Å². The molecule has 1 fully saturated rings. The van der Waals surface area contributed by atoms with E-state index in [0.717, 1.165) is 35.2 Å². The van der Waals surface area contributed by atoms with Crippen molar-refractivity contribution in [3.05, 3.63) is 71.3 Å². The second kappa shape index (κ2) is 6.48. The number of anilines is 2. The zero-order chi connectivity index (χ0) is 19.3. The quantitative estimate of drug-likeness (QED) is 0.750. The van der Waals surface area contributed by atoms with E-state index in [1.807, 2.05) is 37.3 Å². The molecule has 1 heterocycles. The molecule has 0 unspecified atom stereocenters. The van der Waals surface area contributed by atoms with Gasteiger partial charge in [0, 0.05) is 29.7 Å². The molecule has 3 aromatic carbocycles. The second-order valence-corrected chi connectivity index (χ2v) is 7.85. The molecular formula is C24H22N2O2. The molecule has 2 aliphatic rings. The number of hydrogen-bond acceptors (Lipinski definition) is 2. The number of benzene rings is 3. The van der Waals surface area contributed by atoms with E-state index < -0.39 is 0 Å². The molecule has 2 amide bonds. The molecule has 140 valence electrons. The van der Waals surface area contributed by atoms with Gasteiger partial charge in [-0.15, -0.1) is 0 Å². The van der Waals surface area contributed by atoms with Crippen LogP contribution >= 0.6 is 0 Å². The SMILES string of the molecule is Cc1cccc(N2C[C@@H](C(=O)Nc3ccc4c5c(cccc35)CC4)CC2=O)c1. The van der Waals surface area contributed by atoms with Crippen molar-refractivity contribution >= 4 is 34.0 Å². The monoisotopic (exact) mass is 370 g/mol. The van der Waals surface area contributed by atoms with E-state index in [1.165, 1.54) is 16.5 Å².